The molecule has 28 heavy (non-hydrogen) atoms. The summed E-state index contributed by atoms with van der Waals surface area (Å²) >= 11 is 0. The Hall–Kier alpha value is -3.22. The molecule has 1 fully saturated rings. The molecular weight excluding hydrogens is 354 g/mol. The minimum atomic E-state index is -0.271. The molecule has 1 amide bonds. The third-order valence-corrected chi connectivity index (χ3v) is 4.58. The van der Waals surface area contributed by atoms with E-state index < -0.39 is 0 Å². The fourth-order valence-corrected chi connectivity index (χ4v) is 3.10. The molecule has 2 N–H and O–H groups in total. The van der Waals surface area contributed by atoms with Crippen LogP contribution in [0, 0.1) is 5.92 Å². The van der Waals surface area contributed by atoms with Crippen LogP contribution in [0.1, 0.15) is 44.7 Å². The lowest BCUT2D eigenvalue weighted by atomic mass is 10.1. The van der Waals surface area contributed by atoms with Crippen LogP contribution < -0.4 is 10.9 Å². The van der Waals surface area contributed by atoms with Gasteiger partial charge in [-0.05, 0) is 18.8 Å². The van der Waals surface area contributed by atoms with Gasteiger partial charge in [0.1, 0.15) is 5.82 Å². The van der Waals surface area contributed by atoms with Gasteiger partial charge >= 0.3 is 0 Å². The van der Waals surface area contributed by atoms with Crippen molar-refractivity contribution in [1.82, 2.24) is 19.7 Å². The molecule has 0 saturated heterocycles. The standard InChI is InChI=1S/C21H23N5O2/c1-13(2)10-19(27)23-18-11-17(15-8-9-15)25-26(18)21-22-16(12-20(28)24-21)14-6-4-3-5-7-14/h3-7,11-13,15H,8-10H2,1-2H3,(H,23,27)(H,22,24,28). The summed E-state index contributed by atoms with van der Waals surface area (Å²) in [4.78, 5) is 31.9. The number of rotatable bonds is 6. The van der Waals surface area contributed by atoms with Crippen LogP contribution in [0.15, 0.2) is 47.3 Å². The third kappa shape index (κ3) is 4.03. The van der Waals surface area contributed by atoms with Gasteiger partial charge < -0.3 is 5.32 Å². The van der Waals surface area contributed by atoms with Crippen molar-refractivity contribution in [3.63, 3.8) is 0 Å². The quantitative estimate of drug-likeness (QED) is 0.688. The molecule has 0 radical (unpaired) electrons. The molecule has 0 bridgehead atoms. The maximum absolute atomic E-state index is 12.3. The topological polar surface area (TPSA) is 92.7 Å². The molecule has 7 nitrogen and oxygen atoms in total. The number of carbonyl (C=O) groups is 1. The van der Waals surface area contributed by atoms with E-state index in [0.717, 1.165) is 24.1 Å². The minimum absolute atomic E-state index is 0.0833. The van der Waals surface area contributed by atoms with Crippen LogP contribution in [0.2, 0.25) is 0 Å². The van der Waals surface area contributed by atoms with Crippen LogP contribution in [0.25, 0.3) is 17.2 Å². The highest BCUT2D eigenvalue weighted by atomic mass is 16.1. The maximum atomic E-state index is 12.3. The first kappa shape index (κ1) is 18.2. The highest BCUT2D eigenvalue weighted by Crippen LogP contribution is 2.40. The van der Waals surface area contributed by atoms with Crippen molar-refractivity contribution in [3.05, 3.63) is 58.5 Å². The summed E-state index contributed by atoms with van der Waals surface area (Å²) in [6, 6.07) is 12.8. The number of H-pyrrole nitrogens is 1. The second-order valence-corrected chi connectivity index (χ2v) is 7.61. The van der Waals surface area contributed by atoms with E-state index in [-0.39, 0.29) is 23.3 Å². The molecule has 2 aromatic heterocycles. The molecule has 4 rings (SSSR count). The molecule has 0 spiro atoms. The number of aromatic amines is 1. The lowest BCUT2D eigenvalue weighted by Crippen LogP contribution is -2.19. The summed E-state index contributed by atoms with van der Waals surface area (Å²) in [5.74, 6) is 1.39. The SMILES string of the molecule is CC(C)CC(=O)Nc1cc(C2CC2)nn1-c1nc(-c2ccccc2)cc(=O)[nH]1. The predicted octanol–water partition coefficient (Wildman–Crippen LogP) is 3.48. The van der Waals surface area contributed by atoms with E-state index in [1.165, 1.54) is 10.7 Å². The maximum Gasteiger partial charge on any atom is 0.252 e. The van der Waals surface area contributed by atoms with Crippen LogP contribution in [0.3, 0.4) is 0 Å². The van der Waals surface area contributed by atoms with E-state index in [2.05, 4.69) is 20.4 Å². The molecule has 0 atom stereocenters. The summed E-state index contributed by atoms with van der Waals surface area (Å²) in [6.07, 6.45) is 2.59. The zero-order valence-corrected chi connectivity index (χ0v) is 16.0. The predicted molar refractivity (Wildman–Crippen MR) is 107 cm³/mol. The Morgan fingerprint density at radius 3 is 2.68 bits per heavy atom. The Balaban J connectivity index is 1.75. The monoisotopic (exact) mass is 377 g/mol. The number of nitrogens with one attached hydrogen (secondary N) is 2. The van der Waals surface area contributed by atoms with Gasteiger partial charge in [-0.25, -0.2) is 4.98 Å². The Morgan fingerprint density at radius 2 is 2.00 bits per heavy atom. The number of hydrogen-bond donors (Lipinski definition) is 2. The van der Waals surface area contributed by atoms with Crippen molar-refractivity contribution in [3.8, 4) is 17.2 Å². The van der Waals surface area contributed by atoms with Crippen LogP contribution >= 0.6 is 0 Å². The van der Waals surface area contributed by atoms with Gasteiger partial charge in [0, 0.05) is 30.0 Å². The number of amides is 1. The fraction of sp³-hybridized carbons (Fsp3) is 0.333. The summed E-state index contributed by atoms with van der Waals surface area (Å²) in [7, 11) is 0. The number of nitrogens with zero attached hydrogens (tertiary/aromatic N) is 3. The molecule has 144 valence electrons. The first-order valence-electron chi connectivity index (χ1n) is 9.56. The van der Waals surface area contributed by atoms with Gasteiger partial charge in [-0.3, -0.25) is 14.6 Å². The molecule has 1 aliphatic carbocycles. The Bertz CT molecular complexity index is 1050. The summed E-state index contributed by atoms with van der Waals surface area (Å²) in [5, 5.41) is 7.54. The van der Waals surface area contributed by atoms with Crippen molar-refractivity contribution in [1.29, 1.82) is 0 Å². The summed E-state index contributed by atoms with van der Waals surface area (Å²) in [5.41, 5.74) is 2.04. The van der Waals surface area contributed by atoms with Gasteiger partial charge in [-0.1, -0.05) is 44.2 Å². The largest absolute Gasteiger partial charge is 0.310 e. The zero-order chi connectivity index (χ0) is 19.7. The van der Waals surface area contributed by atoms with E-state index in [4.69, 9.17) is 0 Å². The van der Waals surface area contributed by atoms with Gasteiger partial charge in [0.25, 0.3) is 5.56 Å². The van der Waals surface area contributed by atoms with Gasteiger partial charge in [0.2, 0.25) is 11.9 Å². The fourth-order valence-electron chi connectivity index (χ4n) is 3.10. The summed E-state index contributed by atoms with van der Waals surface area (Å²) in [6.45, 7) is 3.99. The smallest absolute Gasteiger partial charge is 0.252 e. The van der Waals surface area contributed by atoms with Crippen molar-refractivity contribution >= 4 is 11.7 Å². The molecule has 1 aromatic carbocycles. The molecule has 2 heterocycles. The number of carbonyl (C=O) groups excluding carboxylic acids is 1. The number of hydrogen-bond acceptors (Lipinski definition) is 4. The summed E-state index contributed by atoms with van der Waals surface area (Å²) < 4.78 is 1.53. The van der Waals surface area contributed by atoms with Crippen molar-refractivity contribution in [2.75, 3.05) is 5.32 Å². The van der Waals surface area contributed by atoms with Crippen molar-refractivity contribution in [2.45, 2.75) is 39.0 Å². The Kier molecular flexibility index (Phi) is 4.81. The van der Waals surface area contributed by atoms with Crippen molar-refractivity contribution in [2.24, 2.45) is 5.92 Å². The van der Waals surface area contributed by atoms with Crippen LogP contribution in [-0.2, 0) is 4.79 Å². The number of benzene rings is 1. The van der Waals surface area contributed by atoms with Gasteiger partial charge in [0.15, 0.2) is 0 Å². The van der Waals surface area contributed by atoms with E-state index in [1.54, 1.807) is 0 Å². The Morgan fingerprint density at radius 1 is 1.25 bits per heavy atom. The highest BCUT2D eigenvalue weighted by molar-refractivity contribution is 5.90. The van der Waals surface area contributed by atoms with Crippen LogP contribution in [-0.4, -0.2) is 25.7 Å². The minimum Gasteiger partial charge on any atom is -0.310 e. The highest BCUT2D eigenvalue weighted by Gasteiger charge is 2.28. The lowest BCUT2D eigenvalue weighted by molar-refractivity contribution is -0.116. The number of aromatic nitrogens is 4. The second-order valence-electron chi connectivity index (χ2n) is 7.61. The van der Waals surface area contributed by atoms with Gasteiger partial charge in [-0.15, -0.1) is 0 Å². The zero-order valence-electron chi connectivity index (χ0n) is 16.0. The first-order chi connectivity index (χ1) is 13.5. The normalized spacial score (nSPS) is 13.7. The number of anilines is 1. The van der Waals surface area contributed by atoms with Crippen LogP contribution in [0.4, 0.5) is 5.82 Å². The van der Waals surface area contributed by atoms with E-state index >= 15 is 0 Å². The first-order valence-corrected chi connectivity index (χ1v) is 9.56. The Labute approximate surface area is 162 Å². The molecule has 1 saturated carbocycles. The second kappa shape index (κ2) is 7.42. The average molecular weight is 377 g/mol. The van der Waals surface area contributed by atoms with Gasteiger partial charge in [0.05, 0.1) is 11.4 Å². The molecule has 1 aliphatic rings. The van der Waals surface area contributed by atoms with E-state index in [1.807, 2.05) is 50.2 Å². The average Bonchev–Trinajstić information content (AvgIpc) is 3.42. The van der Waals surface area contributed by atoms with Crippen molar-refractivity contribution < 1.29 is 4.79 Å². The molecule has 0 aliphatic heterocycles. The molecule has 3 aromatic rings. The van der Waals surface area contributed by atoms with Crippen LogP contribution in [0.5, 0.6) is 0 Å². The van der Waals surface area contributed by atoms with Gasteiger partial charge in [-0.2, -0.15) is 9.78 Å². The third-order valence-electron chi connectivity index (χ3n) is 4.58. The molecular formula is C21H23N5O2. The molecule has 7 heteroatoms. The van der Waals surface area contributed by atoms with E-state index in [9.17, 15) is 9.59 Å². The lowest BCUT2D eigenvalue weighted by Gasteiger charge is -2.10. The molecule has 0 unspecified atom stereocenters. The van der Waals surface area contributed by atoms with E-state index in [0.29, 0.717) is 23.9 Å².